The number of allylic oxidation sites excluding steroid dienone is 2. The number of ketones is 2. The highest BCUT2D eigenvalue weighted by molar-refractivity contribution is 6.21. The predicted molar refractivity (Wildman–Crippen MR) is 65.9 cm³/mol. The first-order valence-corrected chi connectivity index (χ1v) is 5.51. The van der Waals surface area contributed by atoms with E-state index in [0.29, 0.717) is 0 Å². The van der Waals surface area contributed by atoms with Crippen LogP contribution in [0.3, 0.4) is 0 Å². The Bertz CT molecular complexity index is 620. The minimum absolute atomic E-state index is 0.000694. The number of hydrogen-bond donors (Lipinski definition) is 2. The number of carbonyl (C=O) groups excluding carboxylic acids is 2. The average molecular weight is 258 g/mol. The van der Waals surface area contributed by atoms with E-state index < -0.39 is 11.8 Å². The summed E-state index contributed by atoms with van der Waals surface area (Å²) in [5.74, 6) is -2.11. The Kier molecular flexibility index (Phi) is 3.29. The van der Waals surface area contributed by atoms with Gasteiger partial charge in [0.15, 0.2) is 11.6 Å². The van der Waals surface area contributed by atoms with Gasteiger partial charge in [-0.15, -0.1) is 0 Å². The van der Waals surface area contributed by atoms with Gasteiger partial charge in [-0.3, -0.25) is 9.59 Å². The van der Waals surface area contributed by atoms with Crippen molar-refractivity contribution < 1.29 is 24.6 Å². The van der Waals surface area contributed by atoms with E-state index in [1.165, 1.54) is 30.3 Å². The van der Waals surface area contributed by atoms with Gasteiger partial charge in [-0.05, 0) is 30.3 Å². The van der Waals surface area contributed by atoms with Gasteiger partial charge < -0.3 is 10.2 Å². The van der Waals surface area contributed by atoms with Gasteiger partial charge in [-0.25, -0.2) is 4.79 Å². The highest BCUT2D eigenvalue weighted by Gasteiger charge is 2.25. The lowest BCUT2D eigenvalue weighted by Gasteiger charge is -2.11. The van der Waals surface area contributed by atoms with Gasteiger partial charge in [0, 0.05) is 17.6 Å². The number of carbonyl (C=O) groups is 3. The summed E-state index contributed by atoms with van der Waals surface area (Å²) >= 11 is 0. The van der Waals surface area contributed by atoms with Gasteiger partial charge in [0.2, 0.25) is 0 Å². The fourth-order valence-corrected chi connectivity index (χ4v) is 1.77. The molecule has 0 atom stereocenters. The fraction of sp³-hybridized carbons (Fsp3) is 0.0714. The van der Waals surface area contributed by atoms with Crippen molar-refractivity contribution in [1.82, 2.24) is 0 Å². The molecule has 0 saturated heterocycles. The van der Waals surface area contributed by atoms with Crippen LogP contribution in [-0.2, 0) is 9.59 Å². The zero-order chi connectivity index (χ0) is 14.0. The number of carboxylic acids is 1. The third-order valence-corrected chi connectivity index (χ3v) is 2.71. The molecule has 5 heteroatoms. The van der Waals surface area contributed by atoms with E-state index in [-0.39, 0.29) is 34.7 Å². The van der Waals surface area contributed by atoms with E-state index in [9.17, 15) is 14.4 Å². The maximum Gasteiger partial charge on any atom is 0.336 e. The molecule has 5 nitrogen and oxygen atoms in total. The molecule has 2 rings (SSSR count). The van der Waals surface area contributed by atoms with Crippen LogP contribution in [-0.4, -0.2) is 27.7 Å². The van der Waals surface area contributed by atoms with Gasteiger partial charge in [0.25, 0.3) is 0 Å². The molecular formula is C14H10O5. The topological polar surface area (TPSA) is 91.7 Å². The van der Waals surface area contributed by atoms with Gasteiger partial charge in [0.05, 0.1) is 5.57 Å². The number of benzene rings is 1. The van der Waals surface area contributed by atoms with E-state index in [4.69, 9.17) is 10.2 Å². The standard InChI is InChI=1S/C14H10O5/c15-9-3-1-8(2-4-9)13(17)12-7-10(16)5-6-11(12)14(18)19/h1-4,6-7,15H,5H2,(H,18,19). The zero-order valence-corrected chi connectivity index (χ0v) is 9.79. The van der Waals surface area contributed by atoms with Crippen LogP contribution in [0, 0.1) is 0 Å². The number of aliphatic carboxylic acids is 1. The Balaban J connectivity index is 2.41. The Morgan fingerprint density at radius 3 is 2.26 bits per heavy atom. The van der Waals surface area contributed by atoms with Gasteiger partial charge in [0.1, 0.15) is 5.75 Å². The predicted octanol–water partition coefficient (Wildman–Crippen LogP) is 1.49. The Hall–Kier alpha value is -2.69. The molecule has 1 aromatic rings. The summed E-state index contributed by atoms with van der Waals surface area (Å²) < 4.78 is 0. The first kappa shape index (κ1) is 12.8. The van der Waals surface area contributed by atoms with Crippen LogP contribution in [0.4, 0.5) is 0 Å². The summed E-state index contributed by atoms with van der Waals surface area (Å²) in [7, 11) is 0. The number of carboxylic acid groups (broad SMARTS) is 1. The van der Waals surface area contributed by atoms with Crippen LogP contribution in [0.15, 0.2) is 47.6 Å². The van der Waals surface area contributed by atoms with E-state index in [1.54, 1.807) is 0 Å². The highest BCUT2D eigenvalue weighted by Crippen LogP contribution is 2.22. The van der Waals surface area contributed by atoms with Crippen molar-refractivity contribution in [3.63, 3.8) is 0 Å². The number of hydrogen-bond acceptors (Lipinski definition) is 4. The molecule has 19 heavy (non-hydrogen) atoms. The van der Waals surface area contributed by atoms with Crippen molar-refractivity contribution in [2.75, 3.05) is 0 Å². The van der Waals surface area contributed by atoms with Crippen molar-refractivity contribution in [3.8, 4) is 5.75 Å². The molecule has 0 fully saturated rings. The SMILES string of the molecule is O=C1C=C(C(=O)c2ccc(O)cc2)C(C(=O)O)=CC1. The fourth-order valence-electron chi connectivity index (χ4n) is 1.77. The molecule has 0 heterocycles. The van der Waals surface area contributed by atoms with Crippen LogP contribution in [0.1, 0.15) is 16.8 Å². The third kappa shape index (κ3) is 2.60. The van der Waals surface area contributed by atoms with Gasteiger partial charge >= 0.3 is 5.97 Å². The zero-order valence-electron chi connectivity index (χ0n) is 9.79. The first-order chi connectivity index (χ1) is 8.99. The van der Waals surface area contributed by atoms with Crippen molar-refractivity contribution in [2.45, 2.75) is 6.42 Å². The lowest BCUT2D eigenvalue weighted by molar-refractivity contribution is -0.132. The second-order valence-corrected chi connectivity index (χ2v) is 4.03. The molecule has 1 aliphatic carbocycles. The first-order valence-electron chi connectivity index (χ1n) is 5.51. The summed E-state index contributed by atoms with van der Waals surface area (Å²) in [5, 5.41) is 18.2. The summed E-state index contributed by atoms with van der Waals surface area (Å²) in [4.78, 5) is 34.5. The second-order valence-electron chi connectivity index (χ2n) is 4.03. The number of aromatic hydroxyl groups is 1. The van der Waals surface area contributed by atoms with Crippen LogP contribution >= 0.6 is 0 Å². The maximum absolute atomic E-state index is 12.2. The van der Waals surface area contributed by atoms with E-state index in [2.05, 4.69) is 0 Å². The molecule has 0 saturated carbocycles. The molecule has 0 spiro atoms. The summed E-state index contributed by atoms with van der Waals surface area (Å²) in [6, 6.07) is 5.39. The van der Waals surface area contributed by atoms with E-state index in [1.807, 2.05) is 0 Å². The van der Waals surface area contributed by atoms with Crippen molar-refractivity contribution >= 4 is 17.5 Å². The van der Waals surface area contributed by atoms with Crippen molar-refractivity contribution in [2.24, 2.45) is 0 Å². The maximum atomic E-state index is 12.2. The van der Waals surface area contributed by atoms with Gasteiger partial charge in [-0.1, -0.05) is 6.08 Å². The van der Waals surface area contributed by atoms with Crippen molar-refractivity contribution in [1.29, 1.82) is 0 Å². The Labute approximate surface area is 108 Å². The molecule has 0 aliphatic heterocycles. The number of rotatable bonds is 3. The number of Topliss-reactive ketones (excluding diaryl/α,β-unsaturated/α-hetero) is 1. The van der Waals surface area contributed by atoms with Crippen LogP contribution in [0.5, 0.6) is 5.75 Å². The van der Waals surface area contributed by atoms with Crippen LogP contribution in [0.2, 0.25) is 0 Å². The molecular weight excluding hydrogens is 248 g/mol. The second kappa shape index (κ2) is 4.89. The monoisotopic (exact) mass is 258 g/mol. The number of phenolic OH excluding ortho intramolecular Hbond substituents is 1. The third-order valence-electron chi connectivity index (χ3n) is 2.71. The van der Waals surface area contributed by atoms with E-state index >= 15 is 0 Å². The summed E-state index contributed by atoms with van der Waals surface area (Å²) in [5.41, 5.74) is -0.0852. The van der Waals surface area contributed by atoms with Gasteiger partial charge in [-0.2, -0.15) is 0 Å². The van der Waals surface area contributed by atoms with Crippen LogP contribution < -0.4 is 0 Å². The largest absolute Gasteiger partial charge is 0.508 e. The normalized spacial score (nSPS) is 14.6. The Morgan fingerprint density at radius 1 is 1.05 bits per heavy atom. The smallest absolute Gasteiger partial charge is 0.336 e. The lowest BCUT2D eigenvalue weighted by atomic mass is 9.91. The minimum Gasteiger partial charge on any atom is -0.508 e. The van der Waals surface area contributed by atoms with E-state index in [0.717, 1.165) is 6.08 Å². The molecule has 1 aromatic carbocycles. The molecule has 0 unspecified atom stereocenters. The summed E-state index contributed by atoms with van der Waals surface area (Å²) in [6.07, 6.45) is 2.27. The number of phenols is 1. The minimum atomic E-state index is -1.24. The van der Waals surface area contributed by atoms with Crippen LogP contribution in [0.25, 0.3) is 0 Å². The molecule has 0 amide bonds. The molecule has 0 radical (unpaired) electrons. The Morgan fingerprint density at radius 2 is 1.68 bits per heavy atom. The average Bonchev–Trinajstić information content (AvgIpc) is 2.38. The quantitative estimate of drug-likeness (QED) is 0.801. The molecule has 0 aromatic heterocycles. The summed E-state index contributed by atoms with van der Waals surface area (Å²) in [6.45, 7) is 0. The lowest BCUT2D eigenvalue weighted by Crippen LogP contribution is -2.17. The highest BCUT2D eigenvalue weighted by atomic mass is 16.4. The van der Waals surface area contributed by atoms with Crippen molar-refractivity contribution in [3.05, 3.63) is 53.1 Å². The molecule has 96 valence electrons. The molecule has 1 aliphatic rings. The molecule has 2 N–H and O–H groups in total. The molecule has 0 bridgehead atoms.